The number of carboxylic acid groups (broad SMARTS) is 1. The van der Waals surface area contributed by atoms with Crippen molar-refractivity contribution in [2.24, 2.45) is 17.0 Å². The molecule has 1 aromatic carbocycles. The van der Waals surface area contributed by atoms with Crippen molar-refractivity contribution < 1.29 is 14.7 Å². The number of aromatic nitrogens is 2. The first-order valence-corrected chi connectivity index (χ1v) is 14.6. The highest BCUT2D eigenvalue weighted by Crippen LogP contribution is 2.48. The lowest BCUT2D eigenvalue weighted by Gasteiger charge is -2.48. The van der Waals surface area contributed by atoms with Gasteiger partial charge in [0.1, 0.15) is 18.7 Å². The Kier molecular flexibility index (Phi) is 7.25. The number of nitrogens with zero attached hydrogens (tertiary/aromatic N) is 4. The molecule has 2 aromatic rings. The van der Waals surface area contributed by atoms with Crippen LogP contribution < -0.4 is 5.56 Å². The highest BCUT2D eigenvalue weighted by molar-refractivity contribution is 5.81. The van der Waals surface area contributed by atoms with Gasteiger partial charge in [-0.2, -0.15) is 0 Å². The minimum atomic E-state index is -1.08. The molecule has 4 aliphatic rings. The van der Waals surface area contributed by atoms with E-state index in [1.54, 1.807) is 0 Å². The predicted octanol–water partition coefficient (Wildman–Crippen LogP) is 5.11. The van der Waals surface area contributed by atoms with Crippen LogP contribution in [0, 0.1) is 11.8 Å². The van der Waals surface area contributed by atoms with Gasteiger partial charge < -0.3 is 14.5 Å². The van der Waals surface area contributed by atoms with Crippen LogP contribution in [0.5, 0.6) is 0 Å². The molecule has 2 saturated carbocycles. The molecule has 0 radical (unpaired) electrons. The van der Waals surface area contributed by atoms with Crippen LogP contribution >= 0.6 is 0 Å². The van der Waals surface area contributed by atoms with Gasteiger partial charge in [0.15, 0.2) is 0 Å². The van der Waals surface area contributed by atoms with Crippen molar-refractivity contribution in [1.29, 1.82) is 0 Å². The topological polar surface area (TPSA) is 97.0 Å². The number of piperidine rings is 1. The maximum absolute atomic E-state index is 14.0. The SMILES string of the molecule is CO/N=C/CC(C(=O)O)c1nc2ccccc2n(C2CC3CC[C@H](C2)N3C2CC3CCCCC(C3)C2)c1=O. The van der Waals surface area contributed by atoms with Crippen molar-refractivity contribution in [3.63, 3.8) is 0 Å². The Bertz CT molecular complexity index is 1230. The van der Waals surface area contributed by atoms with Crippen LogP contribution in [0.4, 0.5) is 0 Å². The second-order valence-corrected chi connectivity index (χ2v) is 12.1. The minimum absolute atomic E-state index is 0.0517. The van der Waals surface area contributed by atoms with E-state index in [4.69, 9.17) is 4.84 Å². The summed E-state index contributed by atoms with van der Waals surface area (Å²) in [4.78, 5) is 38.4. The molecule has 2 aliphatic carbocycles. The fourth-order valence-electron chi connectivity index (χ4n) is 8.42. The molecule has 0 amide bonds. The second kappa shape index (κ2) is 10.8. The summed E-state index contributed by atoms with van der Waals surface area (Å²) in [6.45, 7) is 0. The molecule has 8 heteroatoms. The monoisotopic (exact) mass is 520 g/mol. The molecule has 4 bridgehead atoms. The van der Waals surface area contributed by atoms with E-state index in [1.165, 1.54) is 71.1 Å². The number of aliphatic carboxylic acids is 1. The van der Waals surface area contributed by atoms with E-state index in [2.05, 4.69) is 15.0 Å². The van der Waals surface area contributed by atoms with E-state index < -0.39 is 11.9 Å². The quantitative estimate of drug-likeness (QED) is 0.402. The number of benzene rings is 1. The average Bonchev–Trinajstić information content (AvgIpc) is 3.06. The Morgan fingerprint density at radius 2 is 1.71 bits per heavy atom. The summed E-state index contributed by atoms with van der Waals surface area (Å²) >= 11 is 0. The third-order valence-electron chi connectivity index (χ3n) is 9.87. The van der Waals surface area contributed by atoms with Crippen molar-refractivity contribution >= 4 is 23.2 Å². The third-order valence-corrected chi connectivity index (χ3v) is 9.87. The van der Waals surface area contributed by atoms with Crippen molar-refractivity contribution in [3.8, 4) is 0 Å². The Morgan fingerprint density at radius 3 is 2.37 bits per heavy atom. The summed E-state index contributed by atoms with van der Waals surface area (Å²) in [6.07, 6.45) is 15.5. The van der Waals surface area contributed by atoms with Crippen LogP contribution in [0.2, 0.25) is 0 Å². The van der Waals surface area contributed by atoms with Crippen molar-refractivity contribution in [3.05, 3.63) is 40.3 Å². The molecule has 38 heavy (non-hydrogen) atoms. The van der Waals surface area contributed by atoms with Gasteiger partial charge in [-0.3, -0.25) is 14.5 Å². The first-order chi connectivity index (χ1) is 18.5. The largest absolute Gasteiger partial charge is 0.481 e. The van der Waals surface area contributed by atoms with Gasteiger partial charge in [0.25, 0.3) is 5.56 Å². The fourth-order valence-corrected chi connectivity index (χ4v) is 8.42. The van der Waals surface area contributed by atoms with Gasteiger partial charge in [-0.05, 0) is 68.9 Å². The lowest BCUT2D eigenvalue weighted by molar-refractivity contribution is -0.138. The van der Waals surface area contributed by atoms with Crippen molar-refractivity contribution in [2.45, 2.75) is 107 Å². The smallest absolute Gasteiger partial charge is 0.313 e. The number of carbonyl (C=O) groups is 1. The van der Waals surface area contributed by atoms with E-state index in [0.717, 1.165) is 30.2 Å². The summed E-state index contributed by atoms with van der Waals surface area (Å²) in [5, 5.41) is 13.7. The molecular weight excluding hydrogens is 480 g/mol. The van der Waals surface area contributed by atoms with E-state index in [1.807, 2.05) is 28.8 Å². The number of rotatable bonds is 7. The zero-order valence-electron chi connectivity index (χ0n) is 22.4. The number of para-hydroxylation sites is 2. The summed E-state index contributed by atoms with van der Waals surface area (Å²) < 4.78 is 1.89. The molecule has 1 N–H and O–H groups in total. The molecule has 6 rings (SSSR count). The molecule has 4 fully saturated rings. The van der Waals surface area contributed by atoms with Crippen LogP contribution in [-0.2, 0) is 9.63 Å². The van der Waals surface area contributed by atoms with Crippen LogP contribution in [0.15, 0.2) is 34.2 Å². The summed E-state index contributed by atoms with van der Waals surface area (Å²) in [5.74, 6) is -0.364. The summed E-state index contributed by atoms with van der Waals surface area (Å²) in [5.41, 5.74) is 1.29. The summed E-state index contributed by atoms with van der Waals surface area (Å²) in [6, 6.07) is 9.40. The number of fused-ring (bicyclic) bond motifs is 5. The maximum Gasteiger partial charge on any atom is 0.313 e. The normalized spacial score (nSPS) is 32.3. The van der Waals surface area contributed by atoms with Crippen molar-refractivity contribution in [1.82, 2.24) is 14.5 Å². The van der Waals surface area contributed by atoms with Gasteiger partial charge in [0.2, 0.25) is 0 Å². The Balaban J connectivity index is 1.32. The highest BCUT2D eigenvalue weighted by Gasteiger charge is 2.47. The Labute approximate surface area is 224 Å². The van der Waals surface area contributed by atoms with Crippen LogP contribution in [0.25, 0.3) is 11.0 Å². The standard InChI is InChI=1S/C30H40N4O4/c1-38-31-13-12-25(30(36)37)28-29(35)34(27-9-5-4-8-26(27)32-28)24-17-21-10-11-22(18-24)33(21)23-15-19-6-2-3-7-20(14-19)16-23/h4-5,8-9,13,19-25H,2-3,6-7,10-12,14-18H2,1H3,(H,36,37)/b31-13+/t19?,20?,21-,22?,23?,24?,25?/m1/s1. The average molecular weight is 521 g/mol. The van der Waals surface area contributed by atoms with Gasteiger partial charge in [0, 0.05) is 36.8 Å². The number of hydrogen-bond acceptors (Lipinski definition) is 6. The first kappa shape index (κ1) is 25.5. The molecule has 8 nitrogen and oxygen atoms in total. The molecule has 204 valence electrons. The molecule has 6 atom stereocenters. The summed E-state index contributed by atoms with van der Waals surface area (Å²) in [7, 11) is 1.41. The minimum Gasteiger partial charge on any atom is -0.481 e. The Morgan fingerprint density at radius 1 is 1.03 bits per heavy atom. The molecule has 3 heterocycles. The van der Waals surface area contributed by atoms with Crippen LogP contribution in [-0.4, -0.2) is 57.0 Å². The number of oxime groups is 1. The van der Waals surface area contributed by atoms with E-state index in [9.17, 15) is 14.7 Å². The zero-order valence-corrected chi connectivity index (χ0v) is 22.4. The Hall–Kier alpha value is -2.74. The zero-order chi connectivity index (χ0) is 26.2. The van der Waals surface area contributed by atoms with E-state index in [-0.39, 0.29) is 23.7 Å². The van der Waals surface area contributed by atoms with E-state index >= 15 is 0 Å². The van der Waals surface area contributed by atoms with Crippen LogP contribution in [0.1, 0.15) is 94.7 Å². The molecule has 1 aromatic heterocycles. The number of hydrogen-bond donors (Lipinski definition) is 1. The number of carboxylic acids is 1. The van der Waals surface area contributed by atoms with E-state index in [0.29, 0.717) is 23.6 Å². The van der Waals surface area contributed by atoms with Gasteiger partial charge in [-0.25, -0.2) is 4.98 Å². The van der Waals surface area contributed by atoms with Crippen molar-refractivity contribution in [2.75, 3.05) is 7.11 Å². The third kappa shape index (κ3) is 4.76. The molecule has 5 unspecified atom stereocenters. The molecule has 2 saturated heterocycles. The first-order valence-electron chi connectivity index (χ1n) is 14.6. The molecule has 2 aliphatic heterocycles. The lowest BCUT2D eigenvalue weighted by atomic mass is 9.76. The fraction of sp³-hybridized carbons (Fsp3) is 0.667. The molecule has 0 spiro atoms. The van der Waals surface area contributed by atoms with Gasteiger partial charge in [-0.15, -0.1) is 0 Å². The lowest BCUT2D eigenvalue weighted by Crippen LogP contribution is -2.52. The molecular formula is C30H40N4O4. The highest BCUT2D eigenvalue weighted by atomic mass is 16.6. The van der Waals surface area contributed by atoms with Crippen LogP contribution in [0.3, 0.4) is 0 Å². The maximum atomic E-state index is 14.0. The predicted molar refractivity (Wildman–Crippen MR) is 147 cm³/mol. The van der Waals surface area contributed by atoms with Gasteiger partial charge in [0.05, 0.1) is 11.0 Å². The van der Waals surface area contributed by atoms with Gasteiger partial charge >= 0.3 is 5.97 Å². The van der Waals surface area contributed by atoms with Gasteiger partial charge in [-0.1, -0.05) is 43.0 Å². The second-order valence-electron chi connectivity index (χ2n) is 12.1.